The molecule has 7 heteroatoms. The summed E-state index contributed by atoms with van der Waals surface area (Å²) in [4.78, 5) is 16.4. The number of hydrogen-bond donors (Lipinski definition) is 2. The van der Waals surface area contributed by atoms with Gasteiger partial charge < -0.3 is 15.2 Å². The van der Waals surface area contributed by atoms with Gasteiger partial charge in [-0.15, -0.1) is 0 Å². The zero-order chi connectivity index (χ0) is 17.1. The van der Waals surface area contributed by atoms with Gasteiger partial charge in [-0.3, -0.25) is 4.90 Å². The average Bonchev–Trinajstić information content (AvgIpc) is 3.05. The third kappa shape index (κ3) is 3.93. The minimum absolute atomic E-state index is 0.525. The Morgan fingerprint density at radius 2 is 1.92 bits per heavy atom. The van der Waals surface area contributed by atoms with Gasteiger partial charge in [0, 0.05) is 45.3 Å². The first-order valence-corrected chi connectivity index (χ1v) is 9.69. The molecule has 0 radical (unpaired) electrons. The van der Waals surface area contributed by atoms with Crippen LogP contribution in [0.5, 0.6) is 0 Å². The van der Waals surface area contributed by atoms with E-state index in [4.69, 9.17) is 0 Å². The van der Waals surface area contributed by atoms with E-state index < -0.39 is 0 Å². The predicted octanol–water partition coefficient (Wildman–Crippen LogP) is 1.78. The maximum absolute atomic E-state index is 4.67. The summed E-state index contributed by atoms with van der Waals surface area (Å²) in [5.74, 6) is 1.73. The molecule has 2 aromatic rings. The Kier molecular flexibility index (Phi) is 5.12. The number of imidazole rings is 1. The largest absolute Gasteiger partial charge is 0.365 e. The molecule has 0 aromatic carbocycles. The van der Waals surface area contributed by atoms with E-state index in [-0.39, 0.29) is 0 Å². The average molecular weight is 343 g/mol. The van der Waals surface area contributed by atoms with Gasteiger partial charge in [0.1, 0.15) is 11.3 Å². The minimum Gasteiger partial charge on any atom is -0.365 e. The SMILES string of the molecule is Cc1nc(NC2CCCCC2)c2ncn(CCN3CCNCC3)c2n1. The second-order valence-corrected chi connectivity index (χ2v) is 7.30. The lowest BCUT2D eigenvalue weighted by molar-refractivity contribution is 0.233. The van der Waals surface area contributed by atoms with Gasteiger partial charge in [0.05, 0.1) is 6.33 Å². The number of anilines is 1. The summed E-state index contributed by atoms with van der Waals surface area (Å²) in [7, 11) is 0. The van der Waals surface area contributed by atoms with Gasteiger partial charge in [-0.2, -0.15) is 0 Å². The molecular formula is C18H29N7. The summed E-state index contributed by atoms with van der Waals surface area (Å²) in [6, 6.07) is 0.525. The quantitative estimate of drug-likeness (QED) is 0.862. The van der Waals surface area contributed by atoms with Crippen LogP contribution in [0.1, 0.15) is 37.9 Å². The van der Waals surface area contributed by atoms with Crippen molar-refractivity contribution in [1.29, 1.82) is 0 Å². The van der Waals surface area contributed by atoms with Gasteiger partial charge in [-0.25, -0.2) is 15.0 Å². The Balaban J connectivity index is 1.51. The van der Waals surface area contributed by atoms with Gasteiger partial charge >= 0.3 is 0 Å². The molecule has 0 spiro atoms. The summed E-state index contributed by atoms with van der Waals surface area (Å²) >= 11 is 0. The number of aromatic nitrogens is 4. The molecule has 2 N–H and O–H groups in total. The first kappa shape index (κ1) is 16.7. The highest BCUT2D eigenvalue weighted by molar-refractivity contribution is 5.83. The van der Waals surface area contributed by atoms with Crippen molar-refractivity contribution in [3.63, 3.8) is 0 Å². The smallest absolute Gasteiger partial charge is 0.165 e. The third-order valence-electron chi connectivity index (χ3n) is 5.39. The summed E-state index contributed by atoms with van der Waals surface area (Å²) in [5, 5.41) is 7.04. The Morgan fingerprint density at radius 3 is 2.72 bits per heavy atom. The van der Waals surface area contributed by atoms with Crippen molar-refractivity contribution in [3.05, 3.63) is 12.2 Å². The normalized spacial score (nSPS) is 20.2. The van der Waals surface area contributed by atoms with E-state index in [1.165, 1.54) is 32.1 Å². The lowest BCUT2D eigenvalue weighted by Crippen LogP contribution is -2.44. The van der Waals surface area contributed by atoms with E-state index in [0.717, 1.165) is 62.1 Å². The number of nitrogens with zero attached hydrogens (tertiary/aromatic N) is 5. The summed E-state index contributed by atoms with van der Waals surface area (Å²) < 4.78 is 2.18. The van der Waals surface area contributed by atoms with Crippen LogP contribution in [0.4, 0.5) is 5.82 Å². The van der Waals surface area contributed by atoms with Crippen LogP contribution in [-0.2, 0) is 6.54 Å². The van der Waals surface area contributed by atoms with Crippen molar-refractivity contribution < 1.29 is 0 Å². The van der Waals surface area contributed by atoms with E-state index in [2.05, 4.69) is 35.1 Å². The van der Waals surface area contributed by atoms with Gasteiger partial charge in [0.2, 0.25) is 0 Å². The maximum Gasteiger partial charge on any atom is 0.165 e. The fourth-order valence-corrected chi connectivity index (χ4v) is 3.94. The van der Waals surface area contributed by atoms with Crippen molar-refractivity contribution in [3.8, 4) is 0 Å². The van der Waals surface area contributed by atoms with Gasteiger partial charge in [0.15, 0.2) is 11.5 Å². The molecule has 0 amide bonds. The summed E-state index contributed by atoms with van der Waals surface area (Å²) in [6.07, 6.45) is 8.36. The Hall–Kier alpha value is -1.73. The molecule has 136 valence electrons. The van der Waals surface area contributed by atoms with E-state index in [9.17, 15) is 0 Å². The highest BCUT2D eigenvalue weighted by Gasteiger charge is 2.18. The van der Waals surface area contributed by atoms with Crippen molar-refractivity contribution >= 4 is 17.0 Å². The number of nitrogens with one attached hydrogen (secondary N) is 2. The van der Waals surface area contributed by atoms with Crippen LogP contribution in [0.25, 0.3) is 11.2 Å². The molecule has 7 nitrogen and oxygen atoms in total. The number of hydrogen-bond acceptors (Lipinski definition) is 6. The fraction of sp³-hybridized carbons (Fsp3) is 0.722. The van der Waals surface area contributed by atoms with Gasteiger partial charge in [0.25, 0.3) is 0 Å². The third-order valence-corrected chi connectivity index (χ3v) is 5.39. The molecule has 2 fully saturated rings. The monoisotopic (exact) mass is 343 g/mol. The van der Waals surface area contributed by atoms with Crippen LogP contribution < -0.4 is 10.6 Å². The fourth-order valence-electron chi connectivity index (χ4n) is 3.94. The molecule has 2 aromatic heterocycles. The van der Waals surface area contributed by atoms with Crippen LogP contribution >= 0.6 is 0 Å². The molecule has 1 aliphatic heterocycles. The second kappa shape index (κ2) is 7.66. The van der Waals surface area contributed by atoms with Crippen molar-refractivity contribution in [2.24, 2.45) is 0 Å². The molecule has 2 aliphatic rings. The summed E-state index contributed by atoms with van der Waals surface area (Å²) in [5.41, 5.74) is 1.87. The second-order valence-electron chi connectivity index (χ2n) is 7.30. The molecule has 1 saturated heterocycles. The Morgan fingerprint density at radius 1 is 1.12 bits per heavy atom. The number of aryl methyl sites for hydroxylation is 1. The van der Waals surface area contributed by atoms with Crippen LogP contribution in [0.3, 0.4) is 0 Å². The highest BCUT2D eigenvalue weighted by atomic mass is 15.2. The molecule has 0 bridgehead atoms. The topological polar surface area (TPSA) is 70.9 Å². The maximum atomic E-state index is 4.67. The lowest BCUT2D eigenvalue weighted by Gasteiger charge is -2.27. The highest BCUT2D eigenvalue weighted by Crippen LogP contribution is 2.24. The van der Waals surface area contributed by atoms with E-state index >= 15 is 0 Å². The first-order chi connectivity index (χ1) is 12.3. The number of fused-ring (bicyclic) bond motifs is 1. The molecule has 3 heterocycles. The van der Waals surface area contributed by atoms with Crippen molar-refractivity contribution in [1.82, 2.24) is 29.7 Å². The number of piperazine rings is 1. The predicted molar refractivity (Wildman–Crippen MR) is 99.9 cm³/mol. The van der Waals surface area contributed by atoms with Gasteiger partial charge in [-0.05, 0) is 19.8 Å². The zero-order valence-corrected chi connectivity index (χ0v) is 15.2. The molecule has 4 rings (SSSR count). The standard InChI is InChI=1S/C18H29N7/c1-14-21-17(23-15-5-3-2-4-6-15)16-18(22-14)25(13-20-16)12-11-24-9-7-19-8-10-24/h13,15,19H,2-12H2,1H3,(H,21,22,23). The van der Waals surface area contributed by atoms with Gasteiger partial charge in [-0.1, -0.05) is 19.3 Å². The Bertz CT molecular complexity index is 699. The zero-order valence-electron chi connectivity index (χ0n) is 15.2. The molecule has 25 heavy (non-hydrogen) atoms. The molecular weight excluding hydrogens is 314 g/mol. The molecule has 1 saturated carbocycles. The Labute approximate surface area is 149 Å². The van der Waals surface area contributed by atoms with E-state index in [1.807, 2.05) is 13.3 Å². The minimum atomic E-state index is 0.525. The van der Waals surface area contributed by atoms with Crippen molar-refractivity contribution in [2.45, 2.75) is 51.6 Å². The van der Waals surface area contributed by atoms with Crippen LogP contribution in [0, 0.1) is 6.92 Å². The molecule has 0 atom stereocenters. The van der Waals surface area contributed by atoms with Crippen LogP contribution in [0.15, 0.2) is 6.33 Å². The lowest BCUT2D eigenvalue weighted by atomic mass is 9.95. The number of rotatable bonds is 5. The molecule has 0 unspecified atom stereocenters. The van der Waals surface area contributed by atoms with E-state index in [0.29, 0.717) is 6.04 Å². The van der Waals surface area contributed by atoms with Crippen molar-refractivity contribution in [2.75, 3.05) is 38.0 Å². The van der Waals surface area contributed by atoms with Crippen LogP contribution in [0.2, 0.25) is 0 Å². The first-order valence-electron chi connectivity index (χ1n) is 9.69. The van der Waals surface area contributed by atoms with Crippen LogP contribution in [-0.4, -0.2) is 63.2 Å². The molecule has 1 aliphatic carbocycles. The summed E-state index contributed by atoms with van der Waals surface area (Å²) in [6.45, 7) is 8.35. The van der Waals surface area contributed by atoms with E-state index in [1.54, 1.807) is 0 Å².